The molecule has 2 N–H and O–H groups in total. The van der Waals surface area contributed by atoms with Gasteiger partial charge in [0.2, 0.25) is 11.8 Å². The summed E-state index contributed by atoms with van der Waals surface area (Å²) in [7, 11) is 1.51. The largest absolute Gasteiger partial charge is 0.497 e. The van der Waals surface area contributed by atoms with E-state index in [1.54, 1.807) is 24.3 Å². The average Bonchev–Trinajstić information content (AvgIpc) is 3.10. The summed E-state index contributed by atoms with van der Waals surface area (Å²) in [4.78, 5) is 60.6. The summed E-state index contributed by atoms with van der Waals surface area (Å²) in [6, 6.07) is 11.4. The lowest BCUT2D eigenvalue weighted by Crippen LogP contribution is -2.37. The van der Waals surface area contributed by atoms with E-state index >= 15 is 0 Å². The zero-order valence-corrected chi connectivity index (χ0v) is 16.5. The number of carbonyl (C=O) groups excluding carboxylic acids is 5. The van der Waals surface area contributed by atoms with Crippen molar-refractivity contribution < 1.29 is 33.4 Å². The van der Waals surface area contributed by atoms with Gasteiger partial charge in [-0.05, 0) is 42.5 Å². The van der Waals surface area contributed by atoms with E-state index in [0.717, 1.165) is 4.90 Å². The van der Waals surface area contributed by atoms with E-state index in [2.05, 4.69) is 5.32 Å². The fourth-order valence-electron chi connectivity index (χ4n) is 2.85. The van der Waals surface area contributed by atoms with E-state index in [1.807, 2.05) is 5.32 Å². The number of carbonyl (C=O) groups is 5. The monoisotopic (exact) mass is 425 g/mol. The van der Waals surface area contributed by atoms with Crippen molar-refractivity contribution in [2.45, 2.75) is 12.8 Å². The second kappa shape index (κ2) is 9.53. The number of hydrogen-bond acceptors (Lipinski definition) is 7. The van der Waals surface area contributed by atoms with Gasteiger partial charge in [-0.2, -0.15) is 0 Å². The van der Waals surface area contributed by atoms with Gasteiger partial charge in [0.15, 0.2) is 6.61 Å². The molecule has 1 heterocycles. The number of urea groups is 1. The molecule has 10 nitrogen and oxygen atoms in total. The molecule has 0 unspecified atom stereocenters. The van der Waals surface area contributed by atoms with Crippen LogP contribution in [-0.2, 0) is 19.1 Å². The lowest BCUT2D eigenvalue weighted by atomic mass is 10.2. The first-order valence-electron chi connectivity index (χ1n) is 9.25. The number of amides is 5. The van der Waals surface area contributed by atoms with Crippen molar-refractivity contribution in [3.05, 3.63) is 54.1 Å². The van der Waals surface area contributed by atoms with Crippen molar-refractivity contribution in [3.8, 4) is 5.75 Å². The molecule has 0 aromatic heterocycles. The number of rotatable bonds is 6. The van der Waals surface area contributed by atoms with Crippen LogP contribution in [0, 0.1) is 0 Å². The summed E-state index contributed by atoms with van der Waals surface area (Å²) in [6.07, 6.45) is 0.235. The third-order valence-corrected chi connectivity index (χ3v) is 4.33. The zero-order chi connectivity index (χ0) is 22.4. The second-order valence-electron chi connectivity index (χ2n) is 6.48. The molecule has 1 saturated heterocycles. The van der Waals surface area contributed by atoms with Crippen molar-refractivity contribution in [2.24, 2.45) is 0 Å². The number of ether oxygens (including phenoxy) is 2. The molecule has 0 atom stereocenters. The van der Waals surface area contributed by atoms with Gasteiger partial charge in [0.25, 0.3) is 5.91 Å². The number of imide groups is 2. The fourth-order valence-corrected chi connectivity index (χ4v) is 2.85. The lowest BCUT2D eigenvalue weighted by molar-refractivity contribution is -0.123. The molecule has 160 valence electrons. The van der Waals surface area contributed by atoms with Crippen LogP contribution in [0.25, 0.3) is 0 Å². The maximum Gasteiger partial charge on any atom is 0.338 e. The molecule has 0 saturated carbocycles. The molecule has 0 aliphatic carbocycles. The highest BCUT2D eigenvalue weighted by Crippen LogP contribution is 2.23. The van der Waals surface area contributed by atoms with Crippen LogP contribution in [0.2, 0.25) is 0 Å². The Morgan fingerprint density at radius 3 is 2.32 bits per heavy atom. The SMILES string of the molecule is COc1ccc(NC(=O)NC(=O)COC(=O)c2cccc(N3C(=O)CCC3=O)c2)cc1. The van der Waals surface area contributed by atoms with E-state index in [0.29, 0.717) is 11.4 Å². The van der Waals surface area contributed by atoms with Gasteiger partial charge in [-0.3, -0.25) is 24.6 Å². The molecule has 2 aromatic rings. The van der Waals surface area contributed by atoms with Crippen molar-refractivity contribution in [2.75, 3.05) is 23.9 Å². The molecule has 31 heavy (non-hydrogen) atoms. The Kier molecular flexibility index (Phi) is 6.61. The highest BCUT2D eigenvalue weighted by molar-refractivity contribution is 6.20. The predicted molar refractivity (Wildman–Crippen MR) is 109 cm³/mol. The molecule has 1 aliphatic heterocycles. The Labute approximate surface area is 177 Å². The number of anilines is 2. The molecule has 2 aromatic carbocycles. The summed E-state index contributed by atoms with van der Waals surface area (Å²) in [5.41, 5.74) is 0.747. The highest BCUT2D eigenvalue weighted by Gasteiger charge is 2.30. The smallest absolute Gasteiger partial charge is 0.338 e. The van der Waals surface area contributed by atoms with Crippen LogP contribution in [0.15, 0.2) is 48.5 Å². The molecular weight excluding hydrogens is 406 g/mol. The molecular formula is C21H19N3O7. The van der Waals surface area contributed by atoms with Crippen LogP contribution in [-0.4, -0.2) is 43.4 Å². The van der Waals surface area contributed by atoms with Crippen molar-refractivity contribution in [1.82, 2.24) is 5.32 Å². The first-order valence-corrected chi connectivity index (χ1v) is 9.25. The topological polar surface area (TPSA) is 131 Å². The molecule has 3 rings (SSSR count). The van der Waals surface area contributed by atoms with E-state index in [9.17, 15) is 24.0 Å². The minimum Gasteiger partial charge on any atom is -0.497 e. The molecule has 0 radical (unpaired) electrons. The maximum atomic E-state index is 12.2. The summed E-state index contributed by atoms with van der Waals surface area (Å²) >= 11 is 0. The maximum absolute atomic E-state index is 12.2. The minimum atomic E-state index is -0.841. The summed E-state index contributed by atoms with van der Waals surface area (Å²) in [5, 5.41) is 4.49. The number of nitrogens with one attached hydrogen (secondary N) is 2. The Morgan fingerprint density at radius 1 is 1.00 bits per heavy atom. The van der Waals surface area contributed by atoms with Crippen LogP contribution in [0.1, 0.15) is 23.2 Å². The van der Waals surface area contributed by atoms with Crippen molar-refractivity contribution in [3.63, 3.8) is 0 Å². The van der Waals surface area contributed by atoms with Crippen molar-refractivity contribution >= 4 is 41.1 Å². The van der Waals surface area contributed by atoms with Crippen LogP contribution in [0.3, 0.4) is 0 Å². The quantitative estimate of drug-likeness (QED) is 0.533. The van der Waals surface area contributed by atoms with Gasteiger partial charge in [-0.1, -0.05) is 6.07 Å². The minimum absolute atomic E-state index is 0.0560. The summed E-state index contributed by atoms with van der Waals surface area (Å²) < 4.78 is 9.92. The van der Waals surface area contributed by atoms with Gasteiger partial charge < -0.3 is 14.8 Å². The van der Waals surface area contributed by atoms with Crippen LogP contribution < -0.4 is 20.3 Å². The first kappa shape index (κ1) is 21.5. The number of nitrogens with zero attached hydrogens (tertiary/aromatic N) is 1. The van der Waals surface area contributed by atoms with Gasteiger partial charge in [0.1, 0.15) is 5.75 Å². The Balaban J connectivity index is 1.51. The standard InChI is InChI=1S/C21H19N3O7/c1-30-16-7-5-14(6-8-16)22-21(29)23-17(25)12-31-20(28)13-3-2-4-15(11-13)24-18(26)9-10-19(24)27/h2-8,11H,9-10,12H2,1H3,(H2,22,23,25,29). The highest BCUT2D eigenvalue weighted by atomic mass is 16.5. The normalized spacial score (nSPS) is 13.0. The van der Waals surface area contributed by atoms with Gasteiger partial charge in [0, 0.05) is 18.5 Å². The third-order valence-electron chi connectivity index (χ3n) is 4.33. The van der Waals surface area contributed by atoms with Crippen molar-refractivity contribution in [1.29, 1.82) is 0 Å². The number of hydrogen-bond donors (Lipinski definition) is 2. The van der Waals surface area contributed by atoms with Gasteiger partial charge >= 0.3 is 12.0 Å². The van der Waals surface area contributed by atoms with Crippen LogP contribution in [0.5, 0.6) is 5.75 Å². The molecule has 1 fully saturated rings. The Morgan fingerprint density at radius 2 is 1.68 bits per heavy atom. The predicted octanol–water partition coefficient (Wildman–Crippen LogP) is 1.85. The lowest BCUT2D eigenvalue weighted by Gasteiger charge is -2.14. The Hall–Kier alpha value is -4.21. The molecule has 5 amide bonds. The molecule has 10 heteroatoms. The van der Waals surface area contributed by atoms with E-state index in [1.165, 1.54) is 31.4 Å². The van der Waals surface area contributed by atoms with E-state index in [-0.39, 0.29) is 35.9 Å². The molecule has 0 bridgehead atoms. The van der Waals surface area contributed by atoms with E-state index in [4.69, 9.17) is 9.47 Å². The summed E-state index contributed by atoms with van der Waals surface area (Å²) in [5.74, 6) is -1.76. The average molecular weight is 425 g/mol. The van der Waals surface area contributed by atoms with Gasteiger partial charge in [0.05, 0.1) is 18.4 Å². The van der Waals surface area contributed by atoms with Crippen LogP contribution >= 0.6 is 0 Å². The number of benzene rings is 2. The number of esters is 1. The molecule has 1 aliphatic rings. The van der Waals surface area contributed by atoms with Gasteiger partial charge in [-0.15, -0.1) is 0 Å². The zero-order valence-electron chi connectivity index (χ0n) is 16.5. The first-order chi connectivity index (χ1) is 14.9. The van der Waals surface area contributed by atoms with Crippen LogP contribution in [0.4, 0.5) is 16.2 Å². The van der Waals surface area contributed by atoms with Gasteiger partial charge in [-0.25, -0.2) is 9.59 Å². The summed E-state index contributed by atoms with van der Waals surface area (Å²) in [6.45, 7) is -0.694. The van der Waals surface area contributed by atoms with E-state index < -0.39 is 24.5 Å². The molecule has 0 spiro atoms. The Bertz CT molecular complexity index is 1020. The fraction of sp³-hybridized carbons (Fsp3) is 0.190. The number of methoxy groups -OCH3 is 1. The second-order valence-corrected chi connectivity index (χ2v) is 6.48. The third kappa shape index (κ3) is 5.44.